The molecular weight excluding hydrogens is 318 g/mol. The highest BCUT2D eigenvalue weighted by Crippen LogP contribution is 2.39. The van der Waals surface area contributed by atoms with Crippen LogP contribution in [0.15, 0.2) is 18.2 Å². The van der Waals surface area contributed by atoms with Crippen LogP contribution in [0.2, 0.25) is 0 Å². The third-order valence-corrected chi connectivity index (χ3v) is 2.31. The summed E-state index contributed by atoms with van der Waals surface area (Å²) in [4.78, 5) is -3.84. The van der Waals surface area contributed by atoms with Crippen molar-refractivity contribution in [3.8, 4) is 0 Å². The topological polar surface area (TPSA) is 20.2 Å². The van der Waals surface area contributed by atoms with Gasteiger partial charge in [0.25, 0.3) is 0 Å². The Hall–Kier alpha value is -0.760. The summed E-state index contributed by atoms with van der Waals surface area (Å²) in [5.74, 6) is -1.36. The number of hydrogen-bond acceptors (Lipinski definition) is 1. The van der Waals surface area contributed by atoms with E-state index in [1.54, 1.807) is 15.9 Å². The molecule has 0 saturated heterocycles. The maximum absolute atomic E-state index is 12.8. The minimum absolute atomic E-state index is 0.155. The summed E-state index contributed by atoms with van der Waals surface area (Å²) in [5, 5.41) is 9.04. The summed E-state index contributed by atoms with van der Waals surface area (Å²) in [6, 6.07) is 0.834. The maximum Gasteiger partial charge on any atom is 0.416 e. The van der Waals surface area contributed by atoms with Crippen molar-refractivity contribution in [2.75, 3.05) is 0 Å². The Morgan fingerprint density at radius 3 is 2.00 bits per heavy atom. The Labute approximate surface area is 100 Å². The third-order valence-electron chi connectivity index (χ3n) is 1.87. The second kappa shape index (κ2) is 4.49. The van der Waals surface area contributed by atoms with E-state index < -0.39 is 34.1 Å². The zero-order chi connectivity index (χ0) is 13.4. The quantitative estimate of drug-likeness (QED) is 0.647. The van der Waals surface area contributed by atoms with Crippen LogP contribution in [0, 0.1) is 5.82 Å². The van der Waals surface area contributed by atoms with E-state index in [1.165, 1.54) is 0 Å². The van der Waals surface area contributed by atoms with Gasteiger partial charge in [0.15, 0.2) is 6.10 Å². The molecule has 8 heteroatoms. The van der Waals surface area contributed by atoms with E-state index in [2.05, 4.69) is 0 Å². The lowest BCUT2D eigenvalue weighted by atomic mass is 10.1. The van der Waals surface area contributed by atoms with Gasteiger partial charge in [0, 0.05) is 0 Å². The molecule has 0 saturated carbocycles. The molecule has 0 radical (unpaired) electrons. The predicted octanol–water partition coefficient (Wildman–Crippen LogP) is 3.87. The molecule has 1 rings (SSSR count). The number of hydrogen-bond donors (Lipinski definition) is 1. The second-order valence-corrected chi connectivity index (χ2v) is 4.27. The Morgan fingerprint density at radius 2 is 1.59 bits per heavy atom. The van der Waals surface area contributed by atoms with E-state index in [1.807, 2.05) is 0 Å². The summed E-state index contributed by atoms with van der Waals surface area (Å²) < 4.78 is 74.9. The Bertz CT molecular complexity index is 411. The third kappa shape index (κ3) is 3.60. The second-order valence-electron chi connectivity index (χ2n) is 3.22. The fraction of sp³-hybridized carbons (Fsp3) is 0.333. The van der Waals surface area contributed by atoms with E-state index in [0.717, 1.165) is 0 Å². The largest absolute Gasteiger partial charge is 0.416 e. The average Bonchev–Trinajstić information content (AvgIpc) is 2.12. The predicted molar refractivity (Wildman–Crippen MR) is 50.2 cm³/mol. The van der Waals surface area contributed by atoms with Gasteiger partial charge in [-0.2, -0.15) is 22.0 Å². The molecule has 0 aliphatic heterocycles. The highest BCUT2D eigenvalue weighted by molar-refractivity contribution is 9.10. The standard InChI is InChI=1S/C9H5BrF6O/c10-8(12,13)7(17)4-1-5(9(14,15)16)3-6(11)2-4/h1-3,7,17H. The highest BCUT2D eigenvalue weighted by atomic mass is 79.9. The number of aliphatic hydroxyl groups excluding tert-OH is 1. The minimum atomic E-state index is -4.88. The summed E-state index contributed by atoms with van der Waals surface area (Å²) >= 11 is 1.79. The summed E-state index contributed by atoms with van der Waals surface area (Å²) in [6.07, 6.45) is -7.45. The van der Waals surface area contributed by atoms with E-state index in [-0.39, 0.29) is 12.1 Å². The van der Waals surface area contributed by atoms with Crippen LogP contribution in [-0.4, -0.2) is 9.94 Å². The van der Waals surface area contributed by atoms with Gasteiger partial charge in [-0.15, -0.1) is 0 Å². The van der Waals surface area contributed by atoms with Gasteiger partial charge in [0.05, 0.1) is 5.56 Å². The van der Waals surface area contributed by atoms with Gasteiger partial charge in [-0.25, -0.2) is 4.39 Å². The Morgan fingerprint density at radius 1 is 1.06 bits per heavy atom. The molecule has 0 bridgehead atoms. The number of alkyl halides is 6. The van der Waals surface area contributed by atoms with Crippen LogP contribution in [0.4, 0.5) is 26.3 Å². The molecule has 1 atom stereocenters. The van der Waals surface area contributed by atoms with E-state index in [9.17, 15) is 26.3 Å². The summed E-state index contributed by atoms with van der Waals surface area (Å²) in [6.45, 7) is 0. The lowest BCUT2D eigenvalue weighted by Crippen LogP contribution is -2.19. The molecule has 1 nitrogen and oxygen atoms in total. The SMILES string of the molecule is OC(c1cc(F)cc(C(F)(F)F)c1)C(F)(F)Br. The first-order valence-electron chi connectivity index (χ1n) is 4.14. The van der Waals surface area contributed by atoms with Crippen molar-refractivity contribution < 1.29 is 31.4 Å². The molecular formula is C9H5BrF6O. The number of rotatable bonds is 2. The molecule has 1 unspecified atom stereocenters. The van der Waals surface area contributed by atoms with Gasteiger partial charge in [-0.1, -0.05) is 0 Å². The molecule has 0 spiro atoms. The first-order valence-corrected chi connectivity index (χ1v) is 4.93. The van der Waals surface area contributed by atoms with Crippen molar-refractivity contribution in [3.63, 3.8) is 0 Å². The number of halogens is 7. The van der Waals surface area contributed by atoms with Crippen LogP contribution in [-0.2, 0) is 6.18 Å². The molecule has 0 fully saturated rings. The lowest BCUT2D eigenvalue weighted by molar-refractivity contribution is -0.138. The minimum Gasteiger partial charge on any atom is -0.381 e. The molecule has 1 aromatic rings. The lowest BCUT2D eigenvalue weighted by Gasteiger charge is -2.18. The molecule has 0 heterocycles. The van der Waals surface area contributed by atoms with Gasteiger partial charge >= 0.3 is 11.0 Å². The normalized spacial score (nSPS) is 14.8. The van der Waals surface area contributed by atoms with Crippen LogP contribution in [0.1, 0.15) is 17.2 Å². The summed E-state index contributed by atoms with van der Waals surface area (Å²) in [7, 11) is 0. The number of benzene rings is 1. The fourth-order valence-corrected chi connectivity index (χ4v) is 1.39. The molecule has 1 N–H and O–H groups in total. The molecule has 0 aliphatic carbocycles. The molecule has 0 aromatic heterocycles. The van der Waals surface area contributed by atoms with Crippen molar-refractivity contribution in [2.45, 2.75) is 17.1 Å². The van der Waals surface area contributed by atoms with E-state index >= 15 is 0 Å². The van der Waals surface area contributed by atoms with Crippen molar-refractivity contribution in [1.82, 2.24) is 0 Å². The van der Waals surface area contributed by atoms with Gasteiger partial charge < -0.3 is 5.11 Å². The van der Waals surface area contributed by atoms with Crippen LogP contribution in [0.25, 0.3) is 0 Å². The van der Waals surface area contributed by atoms with Crippen LogP contribution in [0.3, 0.4) is 0 Å². The van der Waals surface area contributed by atoms with Gasteiger partial charge in [0.1, 0.15) is 5.82 Å². The van der Waals surface area contributed by atoms with Crippen molar-refractivity contribution in [3.05, 3.63) is 35.1 Å². The van der Waals surface area contributed by atoms with Gasteiger partial charge in [-0.3, -0.25) is 0 Å². The molecule has 1 aromatic carbocycles. The first-order chi connectivity index (χ1) is 7.51. The average molecular weight is 323 g/mol. The molecule has 96 valence electrons. The molecule has 0 amide bonds. The van der Waals surface area contributed by atoms with Crippen LogP contribution < -0.4 is 0 Å². The maximum atomic E-state index is 12.8. The van der Waals surface area contributed by atoms with Crippen molar-refractivity contribution >= 4 is 15.9 Å². The van der Waals surface area contributed by atoms with Gasteiger partial charge in [-0.05, 0) is 39.7 Å². The molecule has 0 aliphatic rings. The highest BCUT2D eigenvalue weighted by Gasteiger charge is 2.38. The number of aliphatic hydroxyl groups is 1. The van der Waals surface area contributed by atoms with Crippen LogP contribution >= 0.6 is 15.9 Å². The van der Waals surface area contributed by atoms with E-state index in [0.29, 0.717) is 6.07 Å². The Balaban J connectivity index is 3.24. The van der Waals surface area contributed by atoms with Crippen molar-refractivity contribution in [2.24, 2.45) is 0 Å². The fourth-order valence-electron chi connectivity index (χ4n) is 1.12. The first kappa shape index (κ1) is 14.3. The Kier molecular flexibility index (Phi) is 3.78. The molecule has 17 heavy (non-hydrogen) atoms. The zero-order valence-corrected chi connectivity index (χ0v) is 9.49. The van der Waals surface area contributed by atoms with Crippen LogP contribution in [0.5, 0.6) is 0 Å². The van der Waals surface area contributed by atoms with E-state index in [4.69, 9.17) is 5.11 Å². The smallest absolute Gasteiger partial charge is 0.381 e. The van der Waals surface area contributed by atoms with Crippen molar-refractivity contribution in [1.29, 1.82) is 0 Å². The summed E-state index contributed by atoms with van der Waals surface area (Å²) in [5.41, 5.74) is -2.30. The zero-order valence-electron chi connectivity index (χ0n) is 7.90. The monoisotopic (exact) mass is 322 g/mol. The van der Waals surface area contributed by atoms with Gasteiger partial charge in [0.2, 0.25) is 0 Å².